The van der Waals surface area contributed by atoms with Crippen LogP contribution in [0.15, 0.2) is 0 Å². The molecule has 1 aliphatic rings. The highest BCUT2D eigenvalue weighted by molar-refractivity contribution is 5.87. The largest absolute Gasteiger partial charge is 0.481 e. The minimum atomic E-state index is -4.80. The number of aliphatic carboxylic acids is 1. The molecule has 19 heavy (non-hydrogen) atoms. The van der Waals surface area contributed by atoms with Gasteiger partial charge in [-0.15, -0.1) is 0 Å². The highest BCUT2D eigenvalue weighted by Crippen LogP contribution is 2.31. The molecule has 0 aromatic rings. The molecule has 5 nitrogen and oxygen atoms in total. The molecular weight excluding hydrogens is 265 g/mol. The second-order valence-corrected chi connectivity index (χ2v) is 5.04. The normalized spacial score (nSPS) is 23.2. The van der Waals surface area contributed by atoms with Crippen LogP contribution in [0.2, 0.25) is 0 Å². The predicted molar refractivity (Wildman–Crippen MR) is 60.2 cm³/mol. The number of nitrogens with zero attached hydrogens (tertiary/aromatic N) is 1. The summed E-state index contributed by atoms with van der Waals surface area (Å²) in [6.45, 7) is 0.973. The molecule has 8 heteroatoms. The van der Waals surface area contributed by atoms with Crippen LogP contribution in [0, 0.1) is 5.92 Å². The van der Waals surface area contributed by atoms with Crippen LogP contribution >= 0.6 is 0 Å². The summed E-state index contributed by atoms with van der Waals surface area (Å²) in [7, 11) is 0. The number of nitrogens with two attached hydrogens (primary N) is 1. The maximum atomic E-state index is 12.6. The van der Waals surface area contributed by atoms with E-state index in [-0.39, 0.29) is 25.4 Å². The highest BCUT2D eigenvalue weighted by Gasteiger charge is 2.55. The third-order valence-electron chi connectivity index (χ3n) is 3.37. The number of carboxylic acid groups (broad SMARTS) is 1. The van der Waals surface area contributed by atoms with Crippen molar-refractivity contribution in [1.29, 1.82) is 0 Å². The van der Waals surface area contributed by atoms with Gasteiger partial charge in [0, 0.05) is 19.5 Å². The van der Waals surface area contributed by atoms with Crippen LogP contribution in [0.1, 0.15) is 26.2 Å². The standard InChI is InChI=1S/C11H17F3N2O3/c1-10(15,11(12,13)14)9(19)16-5-4-7(6-16)2-3-8(17)18/h7H,2-6,15H2,1H3,(H,17,18). The van der Waals surface area contributed by atoms with Gasteiger partial charge in [-0.2, -0.15) is 13.2 Å². The van der Waals surface area contributed by atoms with Gasteiger partial charge in [-0.05, 0) is 25.7 Å². The van der Waals surface area contributed by atoms with Gasteiger partial charge in [-0.3, -0.25) is 9.59 Å². The number of carbonyl (C=O) groups excluding carboxylic acids is 1. The number of hydrogen-bond donors (Lipinski definition) is 2. The number of carboxylic acids is 1. The van der Waals surface area contributed by atoms with Gasteiger partial charge in [-0.1, -0.05) is 0 Å². The average Bonchev–Trinajstić information content (AvgIpc) is 2.72. The summed E-state index contributed by atoms with van der Waals surface area (Å²) in [6, 6.07) is 0. The maximum Gasteiger partial charge on any atom is 0.415 e. The van der Waals surface area contributed by atoms with E-state index in [9.17, 15) is 22.8 Å². The Balaban J connectivity index is 2.59. The Labute approximate surface area is 108 Å². The van der Waals surface area contributed by atoms with Crippen molar-refractivity contribution in [3.05, 3.63) is 0 Å². The predicted octanol–water partition coefficient (Wildman–Crippen LogP) is 0.979. The van der Waals surface area contributed by atoms with Crippen molar-refractivity contribution in [2.24, 2.45) is 11.7 Å². The van der Waals surface area contributed by atoms with Crippen LogP contribution in [0.4, 0.5) is 13.2 Å². The molecule has 0 saturated carbocycles. The lowest BCUT2D eigenvalue weighted by Gasteiger charge is -2.30. The van der Waals surface area contributed by atoms with Crippen LogP contribution < -0.4 is 5.73 Å². The first kappa shape index (κ1) is 15.7. The first-order chi connectivity index (χ1) is 8.55. The summed E-state index contributed by atoms with van der Waals surface area (Å²) >= 11 is 0. The molecule has 0 aromatic carbocycles. The lowest BCUT2D eigenvalue weighted by Crippen LogP contribution is -2.61. The van der Waals surface area contributed by atoms with Crippen LogP contribution in [0.25, 0.3) is 0 Å². The van der Waals surface area contributed by atoms with E-state index in [1.165, 1.54) is 0 Å². The fourth-order valence-corrected chi connectivity index (χ4v) is 2.03. The van der Waals surface area contributed by atoms with E-state index < -0.39 is 23.6 Å². The SMILES string of the molecule is CC(N)(C(=O)N1CCC(CCC(=O)O)C1)C(F)(F)F. The second-order valence-electron chi connectivity index (χ2n) is 5.04. The van der Waals surface area contributed by atoms with E-state index in [4.69, 9.17) is 10.8 Å². The number of carbonyl (C=O) groups is 2. The van der Waals surface area contributed by atoms with Crippen LogP contribution in [-0.4, -0.2) is 46.7 Å². The number of amides is 1. The van der Waals surface area contributed by atoms with Crippen molar-refractivity contribution in [1.82, 2.24) is 4.90 Å². The molecule has 0 spiro atoms. The highest BCUT2D eigenvalue weighted by atomic mass is 19.4. The summed E-state index contributed by atoms with van der Waals surface area (Å²) in [5, 5.41) is 8.54. The Morgan fingerprint density at radius 2 is 2.00 bits per heavy atom. The van der Waals surface area contributed by atoms with Crippen LogP contribution in [-0.2, 0) is 9.59 Å². The van der Waals surface area contributed by atoms with Gasteiger partial charge < -0.3 is 15.7 Å². The topological polar surface area (TPSA) is 83.6 Å². The lowest BCUT2D eigenvalue weighted by molar-refractivity contribution is -0.193. The minimum absolute atomic E-state index is 0.0497. The number of likely N-dealkylation sites (tertiary alicyclic amines) is 1. The number of alkyl halides is 3. The zero-order valence-electron chi connectivity index (χ0n) is 10.5. The Morgan fingerprint density at radius 1 is 1.42 bits per heavy atom. The Hall–Kier alpha value is -1.31. The van der Waals surface area contributed by atoms with Crippen molar-refractivity contribution >= 4 is 11.9 Å². The fraction of sp³-hybridized carbons (Fsp3) is 0.818. The van der Waals surface area contributed by atoms with Gasteiger partial charge in [0.1, 0.15) is 0 Å². The monoisotopic (exact) mass is 282 g/mol. The second kappa shape index (κ2) is 5.36. The van der Waals surface area contributed by atoms with Gasteiger partial charge in [0.05, 0.1) is 0 Å². The fourth-order valence-electron chi connectivity index (χ4n) is 2.03. The van der Waals surface area contributed by atoms with Crippen LogP contribution in [0.5, 0.6) is 0 Å². The third-order valence-corrected chi connectivity index (χ3v) is 3.37. The lowest BCUT2D eigenvalue weighted by atomic mass is 10.0. The van der Waals surface area contributed by atoms with Crippen molar-refractivity contribution in [3.63, 3.8) is 0 Å². The van der Waals surface area contributed by atoms with E-state index in [2.05, 4.69) is 0 Å². The average molecular weight is 282 g/mol. The van der Waals surface area contributed by atoms with Crippen molar-refractivity contribution < 1.29 is 27.9 Å². The number of hydrogen-bond acceptors (Lipinski definition) is 3. The molecule has 1 heterocycles. The molecule has 1 amide bonds. The third kappa shape index (κ3) is 3.59. The minimum Gasteiger partial charge on any atom is -0.481 e. The van der Waals surface area contributed by atoms with Gasteiger partial charge in [0.25, 0.3) is 5.91 Å². The first-order valence-corrected chi connectivity index (χ1v) is 5.92. The Bertz CT molecular complexity index is 369. The maximum absolute atomic E-state index is 12.6. The van der Waals surface area contributed by atoms with Crippen molar-refractivity contribution in [2.75, 3.05) is 13.1 Å². The van der Waals surface area contributed by atoms with E-state index in [1.54, 1.807) is 0 Å². The summed E-state index contributed by atoms with van der Waals surface area (Å²) in [5.74, 6) is -2.19. The molecule has 2 atom stereocenters. The molecule has 0 bridgehead atoms. The molecule has 1 aliphatic heterocycles. The van der Waals surface area contributed by atoms with Crippen molar-refractivity contribution in [3.8, 4) is 0 Å². The molecule has 3 N–H and O–H groups in total. The van der Waals surface area contributed by atoms with E-state index in [0.717, 1.165) is 4.90 Å². The molecule has 0 aromatic heterocycles. The molecule has 0 aliphatic carbocycles. The summed E-state index contributed by atoms with van der Waals surface area (Å²) in [6.07, 6.45) is -3.99. The summed E-state index contributed by atoms with van der Waals surface area (Å²) in [4.78, 5) is 23.2. The first-order valence-electron chi connectivity index (χ1n) is 5.92. The molecule has 1 saturated heterocycles. The smallest absolute Gasteiger partial charge is 0.415 e. The summed E-state index contributed by atoms with van der Waals surface area (Å²) in [5.41, 5.74) is 2.18. The Morgan fingerprint density at radius 3 is 2.47 bits per heavy atom. The molecule has 0 radical (unpaired) electrons. The zero-order chi connectivity index (χ0) is 14.8. The van der Waals surface area contributed by atoms with Gasteiger partial charge in [-0.25, -0.2) is 0 Å². The molecule has 2 unspecified atom stereocenters. The number of rotatable bonds is 4. The summed E-state index contributed by atoms with van der Waals surface area (Å²) < 4.78 is 37.9. The zero-order valence-corrected chi connectivity index (χ0v) is 10.5. The van der Waals surface area contributed by atoms with E-state index in [1.807, 2.05) is 0 Å². The van der Waals surface area contributed by atoms with Gasteiger partial charge in [0.15, 0.2) is 5.54 Å². The molecule has 1 fully saturated rings. The molecule has 1 rings (SSSR count). The number of halogens is 3. The Kier molecular flexibility index (Phi) is 4.44. The van der Waals surface area contributed by atoms with Gasteiger partial charge in [0.2, 0.25) is 0 Å². The van der Waals surface area contributed by atoms with Gasteiger partial charge >= 0.3 is 12.1 Å². The quantitative estimate of drug-likeness (QED) is 0.805. The van der Waals surface area contributed by atoms with E-state index in [0.29, 0.717) is 19.8 Å². The van der Waals surface area contributed by atoms with E-state index >= 15 is 0 Å². The van der Waals surface area contributed by atoms with Crippen molar-refractivity contribution in [2.45, 2.75) is 37.9 Å². The molecular formula is C11H17F3N2O3. The molecule has 110 valence electrons. The van der Waals surface area contributed by atoms with Crippen LogP contribution in [0.3, 0.4) is 0 Å².